The van der Waals surface area contributed by atoms with E-state index in [-0.39, 0.29) is 18.4 Å². The van der Waals surface area contributed by atoms with Crippen molar-refractivity contribution in [3.05, 3.63) is 28.8 Å². The maximum atomic E-state index is 12.4. The van der Waals surface area contributed by atoms with E-state index in [1.54, 1.807) is 4.90 Å². The molecule has 2 unspecified atom stereocenters. The van der Waals surface area contributed by atoms with Crippen LogP contribution in [0.5, 0.6) is 5.75 Å². The van der Waals surface area contributed by atoms with Gasteiger partial charge < -0.3 is 14.7 Å². The summed E-state index contributed by atoms with van der Waals surface area (Å²) in [6, 6.07) is 4.18. The van der Waals surface area contributed by atoms with Gasteiger partial charge in [0, 0.05) is 12.6 Å². The molecule has 0 saturated carbocycles. The number of carboxylic acid groups (broad SMARTS) is 1. The van der Waals surface area contributed by atoms with Crippen LogP contribution < -0.4 is 4.74 Å². The first-order chi connectivity index (χ1) is 11.3. The lowest BCUT2D eigenvalue weighted by Gasteiger charge is -2.36. The van der Waals surface area contributed by atoms with Crippen LogP contribution in [0.3, 0.4) is 0 Å². The van der Waals surface area contributed by atoms with Crippen molar-refractivity contribution in [1.82, 2.24) is 4.90 Å². The molecule has 1 saturated heterocycles. The molecule has 1 aromatic rings. The van der Waals surface area contributed by atoms with Crippen LogP contribution in [0.1, 0.15) is 42.9 Å². The predicted octanol–water partition coefficient (Wildman–Crippen LogP) is 3.09. The van der Waals surface area contributed by atoms with Gasteiger partial charge in [-0.15, -0.1) is 0 Å². The third-order valence-electron chi connectivity index (χ3n) is 4.89. The van der Waals surface area contributed by atoms with Gasteiger partial charge in [0.1, 0.15) is 5.75 Å². The SMILES string of the molecule is Cc1cc(C)c(C)c(OCCC(=O)N2CC(C(=O)O)CCC2C)c1. The predicted molar refractivity (Wildman–Crippen MR) is 92.3 cm³/mol. The average molecular weight is 333 g/mol. The van der Waals surface area contributed by atoms with Crippen molar-refractivity contribution in [2.45, 2.75) is 53.0 Å². The molecule has 1 amide bonds. The van der Waals surface area contributed by atoms with E-state index in [0.717, 1.165) is 23.3 Å². The Labute approximate surface area is 143 Å². The summed E-state index contributed by atoms with van der Waals surface area (Å²) < 4.78 is 5.81. The molecule has 5 heteroatoms. The van der Waals surface area contributed by atoms with Gasteiger partial charge in [-0.3, -0.25) is 9.59 Å². The molecule has 0 aliphatic carbocycles. The van der Waals surface area contributed by atoms with Gasteiger partial charge >= 0.3 is 5.97 Å². The van der Waals surface area contributed by atoms with Crippen molar-refractivity contribution in [2.75, 3.05) is 13.2 Å². The van der Waals surface area contributed by atoms with Gasteiger partial charge in [-0.2, -0.15) is 0 Å². The fraction of sp³-hybridized carbons (Fsp3) is 0.579. The molecule has 0 aromatic heterocycles. The summed E-state index contributed by atoms with van der Waals surface area (Å²) in [5.41, 5.74) is 3.39. The number of aryl methyl sites for hydroxylation is 2. The Morgan fingerprint density at radius 2 is 1.96 bits per heavy atom. The number of carbonyl (C=O) groups excluding carboxylic acids is 1. The minimum absolute atomic E-state index is 0.0320. The standard InChI is InChI=1S/C19H27NO4/c1-12-9-13(2)15(4)17(10-12)24-8-7-18(21)20-11-16(19(22)23)6-5-14(20)3/h9-10,14,16H,5-8,11H2,1-4H3,(H,22,23). The molecule has 1 aliphatic rings. The van der Waals surface area contributed by atoms with Crippen molar-refractivity contribution in [3.63, 3.8) is 0 Å². The highest BCUT2D eigenvalue weighted by Gasteiger charge is 2.32. The fourth-order valence-corrected chi connectivity index (χ4v) is 3.20. The van der Waals surface area contributed by atoms with E-state index in [0.29, 0.717) is 19.6 Å². The molecule has 1 heterocycles. The molecule has 2 atom stereocenters. The van der Waals surface area contributed by atoms with Crippen LogP contribution in [0.4, 0.5) is 0 Å². The van der Waals surface area contributed by atoms with E-state index in [9.17, 15) is 9.59 Å². The Balaban J connectivity index is 1.92. The molecule has 5 nitrogen and oxygen atoms in total. The smallest absolute Gasteiger partial charge is 0.308 e. The summed E-state index contributed by atoms with van der Waals surface area (Å²) in [5.74, 6) is -0.486. The lowest BCUT2D eigenvalue weighted by atomic mass is 9.93. The van der Waals surface area contributed by atoms with Crippen molar-refractivity contribution in [3.8, 4) is 5.75 Å². The summed E-state index contributed by atoms with van der Waals surface area (Å²) in [4.78, 5) is 25.3. The fourth-order valence-electron chi connectivity index (χ4n) is 3.20. The molecular formula is C19H27NO4. The van der Waals surface area contributed by atoms with Gasteiger partial charge in [0.15, 0.2) is 0 Å². The number of piperidine rings is 1. The van der Waals surface area contributed by atoms with E-state index >= 15 is 0 Å². The summed E-state index contributed by atoms with van der Waals surface area (Å²) in [5, 5.41) is 9.17. The normalized spacial score (nSPS) is 20.8. The Hall–Kier alpha value is -2.04. The summed E-state index contributed by atoms with van der Waals surface area (Å²) in [7, 11) is 0. The Kier molecular flexibility index (Phi) is 5.86. The van der Waals surface area contributed by atoms with E-state index in [1.165, 1.54) is 5.56 Å². The van der Waals surface area contributed by atoms with Gasteiger partial charge in [-0.05, 0) is 63.3 Å². The first-order valence-corrected chi connectivity index (χ1v) is 8.52. The molecule has 24 heavy (non-hydrogen) atoms. The highest BCUT2D eigenvalue weighted by molar-refractivity contribution is 5.78. The van der Waals surface area contributed by atoms with Gasteiger partial charge in [-0.25, -0.2) is 0 Å². The minimum atomic E-state index is -0.818. The number of amides is 1. The number of aliphatic carboxylic acids is 1. The monoisotopic (exact) mass is 333 g/mol. The number of rotatable bonds is 5. The number of likely N-dealkylation sites (tertiary alicyclic amines) is 1. The molecule has 0 bridgehead atoms. The number of ether oxygens (including phenoxy) is 1. The van der Waals surface area contributed by atoms with Crippen LogP contribution in [0.25, 0.3) is 0 Å². The van der Waals surface area contributed by atoms with Crippen LogP contribution in [0, 0.1) is 26.7 Å². The Morgan fingerprint density at radius 3 is 2.62 bits per heavy atom. The summed E-state index contributed by atoms with van der Waals surface area (Å²) >= 11 is 0. The zero-order valence-corrected chi connectivity index (χ0v) is 15.0. The molecule has 132 valence electrons. The second-order valence-electron chi connectivity index (χ2n) is 6.81. The quantitative estimate of drug-likeness (QED) is 0.899. The number of nitrogens with zero attached hydrogens (tertiary/aromatic N) is 1. The maximum absolute atomic E-state index is 12.4. The van der Waals surface area contributed by atoms with Gasteiger partial charge in [0.05, 0.1) is 18.9 Å². The molecule has 0 spiro atoms. The van der Waals surface area contributed by atoms with Crippen LogP contribution >= 0.6 is 0 Å². The molecular weight excluding hydrogens is 306 g/mol. The highest BCUT2D eigenvalue weighted by Crippen LogP contribution is 2.25. The minimum Gasteiger partial charge on any atom is -0.493 e. The summed E-state index contributed by atoms with van der Waals surface area (Å²) in [6.07, 6.45) is 1.64. The summed E-state index contributed by atoms with van der Waals surface area (Å²) in [6.45, 7) is 8.66. The molecule has 2 rings (SSSR count). The van der Waals surface area contributed by atoms with E-state index < -0.39 is 11.9 Å². The zero-order valence-electron chi connectivity index (χ0n) is 15.0. The molecule has 0 radical (unpaired) electrons. The average Bonchev–Trinajstić information content (AvgIpc) is 2.51. The molecule has 1 fully saturated rings. The van der Waals surface area contributed by atoms with E-state index in [2.05, 4.69) is 6.07 Å². The van der Waals surface area contributed by atoms with Crippen molar-refractivity contribution in [2.24, 2.45) is 5.92 Å². The zero-order chi connectivity index (χ0) is 17.9. The molecule has 1 aliphatic heterocycles. The van der Waals surface area contributed by atoms with E-state index in [4.69, 9.17) is 9.84 Å². The van der Waals surface area contributed by atoms with Crippen molar-refractivity contribution < 1.29 is 19.4 Å². The van der Waals surface area contributed by atoms with Crippen LogP contribution in [0.2, 0.25) is 0 Å². The number of carbonyl (C=O) groups is 2. The first-order valence-electron chi connectivity index (χ1n) is 8.52. The number of hydrogen-bond donors (Lipinski definition) is 1. The lowest BCUT2D eigenvalue weighted by Crippen LogP contribution is -2.47. The molecule has 1 aromatic carbocycles. The van der Waals surface area contributed by atoms with Crippen LogP contribution in [0.15, 0.2) is 12.1 Å². The number of benzene rings is 1. The van der Waals surface area contributed by atoms with Gasteiger partial charge in [-0.1, -0.05) is 6.07 Å². The van der Waals surface area contributed by atoms with Gasteiger partial charge in [0.25, 0.3) is 0 Å². The van der Waals surface area contributed by atoms with Crippen LogP contribution in [-0.4, -0.2) is 41.1 Å². The lowest BCUT2D eigenvalue weighted by molar-refractivity contribution is -0.147. The largest absolute Gasteiger partial charge is 0.493 e. The second kappa shape index (κ2) is 7.69. The van der Waals surface area contributed by atoms with E-state index in [1.807, 2.05) is 33.8 Å². The van der Waals surface area contributed by atoms with Crippen LogP contribution in [-0.2, 0) is 9.59 Å². The topological polar surface area (TPSA) is 66.8 Å². The number of hydrogen-bond acceptors (Lipinski definition) is 3. The second-order valence-corrected chi connectivity index (χ2v) is 6.81. The first kappa shape index (κ1) is 18.3. The van der Waals surface area contributed by atoms with Gasteiger partial charge in [0.2, 0.25) is 5.91 Å². The third kappa shape index (κ3) is 4.28. The molecule has 1 N–H and O–H groups in total. The highest BCUT2D eigenvalue weighted by atomic mass is 16.5. The Morgan fingerprint density at radius 1 is 1.25 bits per heavy atom. The van der Waals surface area contributed by atoms with Crippen molar-refractivity contribution >= 4 is 11.9 Å². The van der Waals surface area contributed by atoms with Crippen molar-refractivity contribution in [1.29, 1.82) is 0 Å². The third-order valence-corrected chi connectivity index (χ3v) is 4.89. The Bertz CT molecular complexity index is 626. The number of carboxylic acids is 1. The maximum Gasteiger partial charge on any atom is 0.308 e.